The normalized spacial score (nSPS) is 25.2. The summed E-state index contributed by atoms with van der Waals surface area (Å²) in [7, 11) is 0. The van der Waals surface area contributed by atoms with E-state index in [0.29, 0.717) is 0 Å². The number of nitrogens with zero attached hydrogens (tertiary/aromatic N) is 2. The molecule has 130 valence electrons. The van der Waals surface area contributed by atoms with E-state index in [1.54, 1.807) is 0 Å². The Hall–Kier alpha value is -1.97. The minimum absolute atomic E-state index is 0.0399. The maximum atomic E-state index is 13.2. The van der Waals surface area contributed by atoms with Crippen LogP contribution >= 0.6 is 0 Å². The number of nitrogens with one attached hydrogen (secondary N) is 1. The Balaban J connectivity index is 2.25. The highest BCUT2D eigenvalue weighted by molar-refractivity contribution is 5.82. The summed E-state index contributed by atoms with van der Waals surface area (Å²) in [6, 6.07) is 2.58. The fourth-order valence-corrected chi connectivity index (χ4v) is 3.13. The van der Waals surface area contributed by atoms with Crippen molar-refractivity contribution in [1.82, 2.24) is 14.9 Å². The summed E-state index contributed by atoms with van der Waals surface area (Å²) < 4.78 is 40.8. The van der Waals surface area contributed by atoms with Gasteiger partial charge in [0.15, 0.2) is 0 Å². The van der Waals surface area contributed by atoms with E-state index < -0.39 is 41.2 Å². The molecule has 24 heavy (non-hydrogen) atoms. The summed E-state index contributed by atoms with van der Waals surface area (Å²) in [5, 5.41) is 21.5. The van der Waals surface area contributed by atoms with Gasteiger partial charge >= 0.3 is 6.18 Å². The lowest BCUT2D eigenvalue weighted by Crippen LogP contribution is -2.50. The molecule has 2 heterocycles. The van der Waals surface area contributed by atoms with Crippen LogP contribution in [-0.2, 0) is 6.18 Å². The molecule has 1 aliphatic heterocycles. The number of aliphatic hydroxyl groups excluding tert-OH is 2. The highest BCUT2D eigenvalue weighted by Crippen LogP contribution is 2.33. The Bertz CT molecular complexity index is 834. The predicted molar refractivity (Wildman–Crippen MR) is 79.2 cm³/mol. The lowest BCUT2D eigenvalue weighted by atomic mass is 10.0. The lowest BCUT2D eigenvalue weighted by molar-refractivity contribution is -0.136. The van der Waals surface area contributed by atoms with Crippen LogP contribution in [0.5, 0.6) is 0 Å². The molecule has 1 aromatic carbocycles. The summed E-state index contributed by atoms with van der Waals surface area (Å²) in [4.78, 5) is 16.9. The molecule has 0 spiro atoms. The first-order valence-electron chi connectivity index (χ1n) is 7.41. The minimum atomic E-state index is -4.69. The molecule has 0 bridgehead atoms. The summed E-state index contributed by atoms with van der Waals surface area (Å²) in [5.41, 5.74) is -1.95. The van der Waals surface area contributed by atoms with Gasteiger partial charge in [-0.1, -0.05) is 6.07 Å². The molecule has 3 N–H and O–H groups in total. The van der Waals surface area contributed by atoms with E-state index in [0.717, 1.165) is 10.6 Å². The summed E-state index contributed by atoms with van der Waals surface area (Å²) in [5.74, 6) is 0.203. The maximum Gasteiger partial charge on any atom is 0.417 e. The van der Waals surface area contributed by atoms with Crippen LogP contribution in [0.15, 0.2) is 23.0 Å². The maximum absolute atomic E-state index is 13.2. The molecule has 1 fully saturated rings. The van der Waals surface area contributed by atoms with Crippen molar-refractivity contribution in [2.24, 2.45) is 0 Å². The molecule has 6 nitrogen and oxygen atoms in total. The Labute approximate surface area is 134 Å². The fourth-order valence-electron chi connectivity index (χ4n) is 3.13. The number of piperidine rings is 1. The van der Waals surface area contributed by atoms with Crippen LogP contribution in [0.25, 0.3) is 10.9 Å². The quantitative estimate of drug-likeness (QED) is 0.726. The van der Waals surface area contributed by atoms with Gasteiger partial charge in [0.1, 0.15) is 18.3 Å². The van der Waals surface area contributed by atoms with Gasteiger partial charge in [-0.15, -0.1) is 0 Å². The zero-order valence-electron chi connectivity index (χ0n) is 12.7. The third-order valence-electron chi connectivity index (χ3n) is 4.21. The largest absolute Gasteiger partial charge is 0.417 e. The molecule has 1 aromatic heterocycles. The predicted octanol–water partition coefficient (Wildman–Crippen LogP) is 1.29. The third kappa shape index (κ3) is 2.79. The van der Waals surface area contributed by atoms with Gasteiger partial charge in [-0.05, 0) is 31.9 Å². The zero-order valence-corrected chi connectivity index (χ0v) is 12.7. The van der Waals surface area contributed by atoms with Gasteiger partial charge in [0.25, 0.3) is 5.56 Å². The molecule has 1 aliphatic rings. The van der Waals surface area contributed by atoms with Crippen molar-refractivity contribution in [2.45, 2.75) is 44.4 Å². The van der Waals surface area contributed by atoms with Crippen LogP contribution in [0.2, 0.25) is 0 Å². The van der Waals surface area contributed by atoms with E-state index in [1.807, 2.05) is 0 Å². The monoisotopic (exact) mass is 343 g/mol. The van der Waals surface area contributed by atoms with Crippen LogP contribution in [-0.4, -0.2) is 32.2 Å². The number of hydrogen-bond donors (Lipinski definition) is 3. The molecule has 3 rings (SSSR count). The third-order valence-corrected chi connectivity index (χ3v) is 4.21. The Morgan fingerprint density at radius 1 is 1.29 bits per heavy atom. The number of aliphatic hydroxyl groups is 2. The van der Waals surface area contributed by atoms with E-state index in [-0.39, 0.29) is 24.2 Å². The number of benzene rings is 1. The summed E-state index contributed by atoms with van der Waals surface area (Å²) >= 11 is 0. The molecule has 2 unspecified atom stereocenters. The van der Waals surface area contributed by atoms with Crippen molar-refractivity contribution in [3.63, 3.8) is 0 Å². The van der Waals surface area contributed by atoms with Crippen molar-refractivity contribution < 1.29 is 23.4 Å². The van der Waals surface area contributed by atoms with E-state index in [9.17, 15) is 28.2 Å². The Morgan fingerprint density at radius 2 is 2.00 bits per heavy atom. The van der Waals surface area contributed by atoms with Crippen LogP contribution < -0.4 is 10.9 Å². The molecule has 3 atom stereocenters. The average molecular weight is 343 g/mol. The van der Waals surface area contributed by atoms with Gasteiger partial charge in [-0.3, -0.25) is 14.7 Å². The van der Waals surface area contributed by atoms with Crippen LogP contribution in [0, 0.1) is 6.92 Å². The molecule has 0 amide bonds. The van der Waals surface area contributed by atoms with Gasteiger partial charge < -0.3 is 10.2 Å². The second kappa shape index (κ2) is 5.83. The first-order chi connectivity index (χ1) is 11.2. The first-order valence-corrected chi connectivity index (χ1v) is 7.41. The summed E-state index contributed by atoms with van der Waals surface area (Å²) in [6.45, 7) is 1.50. The molecule has 1 saturated heterocycles. The fraction of sp³-hybridized carbons (Fsp3) is 0.467. The van der Waals surface area contributed by atoms with E-state index in [4.69, 9.17) is 0 Å². The standard InChI is InChI=1S/C15H16F3N3O3/c1-7-19-9-4-2-3-8(15(16,17)18)12(9)14(24)21(7)10-5-6-11(22)20-13(10)23/h2-4,10-11,13,20,22-23H,5-6H2,1H3/t10-,11?,13?/m1/s1. The molecule has 9 heteroatoms. The van der Waals surface area contributed by atoms with Crippen LogP contribution in [0.3, 0.4) is 0 Å². The molecule has 2 aromatic rings. The topological polar surface area (TPSA) is 87.4 Å². The van der Waals surface area contributed by atoms with Crippen molar-refractivity contribution in [2.75, 3.05) is 0 Å². The van der Waals surface area contributed by atoms with E-state index in [2.05, 4.69) is 10.3 Å². The van der Waals surface area contributed by atoms with Crippen molar-refractivity contribution >= 4 is 10.9 Å². The first kappa shape index (κ1) is 16.9. The highest BCUT2D eigenvalue weighted by atomic mass is 19.4. The second-order valence-electron chi connectivity index (χ2n) is 5.80. The van der Waals surface area contributed by atoms with Gasteiger partial charge in [0, 0.05) is 0 Å². The van der Waals surface area contributed by atoms with E-state index >= 15 is 0 Å². The van der Waals surface area contributed by atoms with Crippen molar-refractivity contribution in [3.05, 3.63) is 39.9 Å². The number of hydrogen-bond acceptors (Lipinski definition) is 5. The molecule has 0 saturated carbocycles. The number of rotatable bonds is 1. The molecular formula is C15H16F3N3O3. The number of aryl methyl sites for hydroxylation is 1. The number of halogens is 3. The highest BCUT2D eigenvalue weighted by Gasteiger charge is 2.36. The van der Waals surface area contributed by atoms with E-state index in [1.165, 1.54) is 19.1 Å². The van der Waals surface area contributed by atoms with Gasteiger partial charge in [0.05, 0.1) is 22.5 Å². The Kier molecular flexibility index (Phi) is 4.10. The zero-order chi connectivity index (χ0) is 17.6. The molecular weight excluding hydrogens is 327 g/mol. The Morgan fingerprint density at radius 3 is 2.62 bits per heavy atom. The molecule has 0 aliphatic carbocycles. The van der Waals surface area contributed by atoms with Crippen molar-refractivity contribution in [3.8, 4) is 0 Å². The minimum Gasteiger partial charge on any atom is -0.379 e. The van der Waals surface area contributed by atoms with Crippen LogP contribution in [0.1, 0.15) is 30.3 Å². The van der Waals surface area contributed by atoms with Gasteiger partial charge in [-0.2, -0.15) is 13.2 Å². The smallest absolute Gasteiger partial charge is 0.379 e. The van der Waals surface area contributed by atoms with Gasteiger partial charge in [0.2, 0.25) is 0 Å². The number of fused-ring (bicyclic) bond motifs is 1. The number of aromatic nitrogens is 2. The van der Waals surface area contributed by atoms with Crippen LogP contribution in [0.4, 0.5) is 13.2 Å². The second-order valence-corrected chi connectivity index (χ2v) is 5.80. The average Bonchev–Trinajstić information content (AvgIpc) is 2.47. The lowest BCUT2D eigenvalue weighted by Gasteiger charge is -2.34. The molecule has 0 radical (unpaired) electrons. The van der Waals surface area contributed by atoms with Crippen molar-refractivity contribution in [1.29, 1.82) is 0 Å². The summed E-state index contributed by atoms with van der Waals surface area (Å²) in [6.07, 6.45) is -6.38. The number of alkyl halides is 3. The SMILES string of the molecule is Cc1nc2cccc(C(F)(F)F)c2c(=O)n1[C@@H]1CCC(O)NC1O. The van der Waals surface area contributed by atoms with Gasteiger partial charge in [-0.25, -0.2) is 4.98 Å².